The number of nitrogens with one attached hydrogen (secondary N) is 4. The number of hydrogen-bond donors (Lipinski definition) is 4. The molecule has 2 aliphatic rings. The minimum Gasteiger partial charge on any atom is -0.446 e. The first-order chi connectivity index (χ1) is 15.9. The molecule has 33 heavy (non-hydrogen) atoms. The van der Waals surface area contributed by atoms with Crippen LogP contribution < -0.4 is 16.0 Å². The molecule has 1 aliphatic heterocycles. The monoisotopic (exact) mass is 468 g/mol. The van der Waals surface area contributed by atoms with Crippen LogP contribution in [0.4, 0.5) is 29.6 Å². The molecule has 0 radical (unpaired) electrons. The van der Waals surface area contributed by atoms with Crippen LogP contribution in [0, 0.1) is 0 Å². The highest BCUT2D eigenvalue weighted by Gasteiger charge is 2.30. The molecule has 0 saturated heterocycles. The molecular formula is C21H27F3N6O3. The van der Waals surface area contributed by atoms with Gasteiger partial charge in [0.05, 0.1) is 18.8 Å². The number of aromatic nitrogens is 3. The fraction of sp³-hybridized carbons (Fsp3) is 0.571. The Labute approximate surface area is 188 Å². The van der Waals surface area contributed by atoms with E-state index in [0.29, 0.717) is 42.5 Å². The number of alkyl carbamates (subject to hydrolysis) is 1. The van der Waals surface area contributed by atoms with Crippen molar-refractivity contribution in [2.45, 2.75) is 57.0 Å². The van der Waals surface area contributed by atoms with Gasteiger partial charge in [0.15, 0.2) is 5.82 Å². The van der Waals surface area contributed by atoms with E-state index in [0.717, 1.165) is 25.0 Å². The highest BCUT2D eigenvalue weighted by molar-refractivity contribution is 5.67. The van der Waals surface area contributed by atoms with Crippen molar-refractivity contribution in [2.75, 3.05) is 25.0 Å². The lowest BCUT2D eigenvalue weighted by molar-refractivity contribution is -0.125. The molecule has 1 saturated carbocycles. The first-order valence-electron chi connectivity index (χ1n) is 11.0. The Kier molecular flexibility index (Phi) is 7.33. The summed E-state index contributed by atoms with van der Waals surface area (Å²) in [5.41, 5.74) is 2.08. The number of aromatic amines is 1. The van der Waals surface area contributed by atoms with Crippen molar-refractivity contribution in [3.05, 3.63) is 35.2 Å². The number of anilines is 2. The summed E-state index contributed by atoms with van der Waals surface area (Å²) in [4.78, 5) is 16.6. The van der Waals surface area contributed by atoms with Gasteiger partial charge < -0.3 is 25.4 Å². The van der Waals surface area contributed by atoms with Crippen LogP contribution in [0.1, 0.15) is 48.6 Å². The Bertz CT molecular complexity index is 952. The summed E-state index contributed by atoms with van der Waals surface area (Å²) < 4.78 is 48.7. The average Bonchev–Trinajstić information content (AvgIpc) is 3.40. The highest BCUT2D eigenvalue weighted by atomic mass is 19.4. The van der Waals surface area contributed by atoms with Crippen molar-refractivity contribution < 1.29 is 27.4 Å². The summed E-state index contributed by atoms with van der Waals surface area (Å²) in [6.07, 6.45) is -1.91. The Morgan fingerprint density at radius 3 is 2.94 bits per heavy atom. The summed E-state index contributed by atoms with van der Waals surface area (Å²) >= 11 is 0. The number of H-pyrrole nitrogens is 1. The molecule has 180 valence electrons. The molecule has 1 amide bonds. The minimum atomic E-state index is -4.29. The topological polar surface area (TPSA) is 113 Å². The molecular weight excluding hydrogens is 441 g/mol. The second kappa shape index (κ2) is 10.4. The third-order valence-electron chi connectivity index (χ3n) is 5.63. The fourth-order valence-electron chi connectivity index (χ4n) is 4.02. The van der Waals surface area contributed by atoms with Crippen LogP contribution in [-0.2, 0) is 22.6 Å². The zero-order valence-electron chi connectivity index (χ0n) is 18.0. The molecule has 1 fully saturated rings. The lowest BCUT2D eigenvalue weighted by Gasteiger charge is -2.15. The van der Waals surface area contributed by atoms with Crippen LogP contribution in [0.5, 0.6) is 0 Å². The van der Waals surface area contributed by atoms with Gasteiger partial charge in [-0.25, -0.2) is 9.78 Å². The second-order valence-corrected chi connectivity index (χ2v) is 8.22. The molecule has 2 aromatic heterocycles. The summed E-state index contributed by atoms with van der Waals surface area (Å²) in [6.45, 7) is -0.211. The number of nitrogens with zero attached hydrogens (tertiary/aromatic N) is 2. The van der Waals surface area contributed by atoms with Gasteiger partial charge >= 0.3 is 12.3 Å². The number of fused-ring (bicyclic) bond motifs is 7. The highest BCUT2D eigenvalue weighted by Crippen LogP contribution is 2.36. The predicted molar refractivity (Wildman–Crippen MR) is 113 cm³/mol. The van der Waals surface area contributed by atoms with Crippen LogP contribution in [0.2, 0.25) is 0 Å². The standard InChI is InChI=1S/C21H27F3N6O3/c22-21(23,24)12-25-10-14-3-5-18-27-17(14)11-32-7-1-6-26-20(31)33-15-4-2-13(8-15)16-9-19(28-18)30-29-16/h3,5,9,13,15,25H,1-2,4,6-8,10-12H2,(H,26,31)(H2,27,28,29,30)/t13-,15+/m0/s1. The van der Waals surface area contributed by atoms with Crippen molar-refractivity contribution in [2.24, 2.45) is 0 Å². The maximum Gasteiger partial charge on any atom is 0.407 e. The van der Waals surface area contributed by atoms with Gasteiger partial charge in [0, 0.05) is 37.4 Å². The molecule has 12 heteroatoms. The van der Waals surface area contributed by atoms with Crippen LogP contribution in [0.25, 0.3) is 0 Å². The minimum absolute atomic E-state index is 0.00821. The van der Waals surface area contributed by atoms with E-state index in [2.05, 4.69) is 31.1 Å². The second-order valence-electron chi connectivity index (χ2n) is 8.22. The fourth-order valence-corrected chi connectivity index (χ4v) is 4.02. The van der Waals surface area contributed by atoms with E-state index >= 15 is 0 Å². The van der Waals surface area contributed by atoms with Gasteiger partial charge in [0.25, 0.3) is 0 Å². The predicted octanol–water partition coefficient (Wildman–Crippen LogP) is 3.48. The molecule has 1 aliphatic carbocycles. The normalized spacial score (nSPS) is 22.0. The maximum atomic E-state index is 12.5. The molecule has 9 nitrogen and oxygen atoms in total. The van der Waals surface area contributed by atoms with Gasteiger partial charge in [-0.1, -0.05) is 6.07 Å². The van der Waals surface area contributed by atoms with Crippen molar-refractivity contribution in [3.63, 3.8) is 0 Å². The van der Waals surface area contributed by atoms with Gasteiger partial charge in [0.2, 0.25) is 0 Å². The molecule has 4 N–H and O–H groups in total. The Balaban J connectivity index is 1.50. The van der Waals surface area contributed by atoms with Gasteiger partial charge in [0.1, 0.15) is 11.9 Å². The molecule has 6 bridgehead atoms. The first-order valence-corrected chi connectivity index (χ1v) is 11.0. The van der Waals surface area contributed by atoms with Crippen LogP contribution in [0.3, 0.4) is 0 Å². The van der Waals surface area contributed by atoms with Gasteiger partial charge in [-0.15, -0.1) is 0 Å². The molecule has 0 unspecified atom stereocenters. The molecule has 2 atom stereocenters. The van der Waals surface area contributed by atoms with Crippen molar-refractivity contribution in [1.82, 2.24) is 25.8 Å². The lowest BCUT2D eigenvalue weighted by Crippen LogP contribution is -2.29. The molecule has 4 rings (SSSR count). The van der Waals surface area contributed by atoms with Gasteiger partial charge in [-0.05, 0) is 37.3 Å². The summed E-state index contributed by atoms with van der Waals surface area (Å²) in [7, 11) is 0. The van der Waals surface area contributed by atoms with Gasteiger partial charge in [-0.2, -0.15) is 18.3 Å². The number of hydrogen-bond acceptors (Lipinski definition) is 7. The van der Waals surface area contributed by atoms with E-state index < -0.39 is 18.8 Å². The molecule has 0 aromatic carbocycles. The third kappa shape index (κ3) is 6.81. The summed E-state index contributed by atoms with van der Waals surface area (Å²) in [5, 5.41) is 15.6. The maximum absolute atomic E-state index is 12.5. The van der Waals surface area contributed by atoms with Crippen molar-refractivity contribution in [3.8, 4) is 0 Å². The van der Waals surface area contributed by atoms with E-state index in [4.69, 9.17) is 9.47 Å². The van der Waals surface area contributed by atoms with E-state index in [9.17, 15) is 18.0 Å². The van der Waals surface area contributed by atoms with E-state index in [-0.39, 0.29) is 25.2 Å². The van der Waals surface area contributed by atoms with Crippen LogP contribution in [-0.4, -0.2) is 53.3 Å². The van der Waals surface area contributed by atoms with Gasteiger partial charge in [-0.3, -0.25) is 5.10 Å². The number of ether oxygens (including phenoxy) is 2. The Hall–Kier alpha value is -2.86. The Morgan fingerprint density at radius 2 is 2.09 bits per heavy atom. The zero-order chi connectivity index (χ0) is 23.3. The number of carbonyl (C=O) groups is 1. The largest absolute Gasteiger partial charge is 0.446 e. The average molecular weight is 468 g/mol. The number of pyridine rings is 1. The van der Waals surface area contributed by atoms with Crippen LogP contribution in [0.15, 0.2) is 18.2 Å². The third-order valence-corrected chi connectivity index (χ3v) is 5.63. The quantitative estimate of drug-likeness (QED) is 0.546. The van der Waals surface area contributed by atoms with Crippen molar-refractivity contribution in [1.29, 1.82) is 0 Å². The smallest absolute Gasteiger partial charge is 0.407 e. The van der Waals surface area contributed by atoms with Crippen LogP contribution >= 0.6 is 0 Å². The number of amides is 1. The van der Waals surface area contributed by atoms with Crippen molar-refractivity contribution >= 4 is 17.7 Å². The molecule has 0 spiro atoms. The summed E-state index contributed by atoms with van der Waals surface area (Å²) in [5.74, 6) is 1.31. The SMILES string of the molecule is O=C1NCCCOCc2nc(ccc2CNCC(F)(F)F)Nc2cc([nH]n2)[C@H]2CC[C@H](C2)O1. The number of halogens is 3. The van der Waals surface area contributed by atoms with E-state index in [1.165, 1.54) is 0 Å². The Morgan fingerprint density at radius 1 is 1.21 bits per heavy atom. The lowest BCUT2D eigenvalue weighted by atomic mass is 10.0. The number of rotatable bonds is 3. The molecule has 2 aromatic rings. The number of carbonyl (C=O) groups excluding carboxylic acids is 1. The first kappa shape index (κ1) is 23.3. The number of alkyl halides is 3. The zero-order valence-corrected chi connectivity index (χ0v) is 18.0. The van der Waals surface area contributed by atoms with E-state index in [1.54, 1.807) is 12.1 Å². The van der Waals surface area contributed by atoms with E-state index in [1.807, 2.05) is 6.07 Å². The molecule has 3 heterocycles. The summed E-state index contributed by atoms with van der Waals surface area (Å²) in [6, 6.07) is 5.32.